The molecule has 0 N–H and O–H groups in total. The van der Waals surface area contributed by atoms with Crippen LogP contribution in [-0.2, 0) is 0 Å². The van der Waals surface area contributed by atoms with Gasteiger partial charge in [-0.1, -0.05) is 12.1 Å². The van der Waals surface area contributed by atoms with Crippen molar-refractivity contribution in [3.05, 3.63) is 36.4 Å². The number of rotatable bonds is 0. The Morgan fingerprint density at radius 2 is 2.00 bits per heavy atom. The van der Waals surface area contributed by atoms with E-state index in [0.29, 0.717) is 6.79 Å². The predicted octanol–water partition coefficient (Wildman–Crippen LogP) is 2.37. The van der Waals surface area contributed by atoms with Crippen molar-refractivity contribution in [1.29, 1.82) is 0 Å². The predicted molar refractivity (Wildman–Crippen MR) is 48.9 cm³/mol. The average molecular weight is 171 g/mol. The molecule has 0 aromatic heterocycles. The lowest BCUT2D eigenvalue weighted by molar-refractivity contribution is 0.112. The maximum Gasteiger partial charge on any atom is 0.230 e. The van der Waals surface area contributed by atoms with Crippen molar-refractivity contribution in [3.8, 4) is 11.5 Å². The highest BCUT2D eigenvalue weighted by Crippen LogP contribution is 2.36. The molecule has 2 heteroatoms. The van der Waals surface area contributed by atoms with Gasteiger partial charge in [0.05, 0.1) is 5.39 Å². The largest absolute Gasteiger partial charge is 0.457 e. The van der Waals surface area contributed by atoms with Crippen LogP contribution in [0.4, 0.5) is 0 Å². The quantitative estimate of drug-likeness (QED) is 0.605. The number of ether oxygens (including phenoxy) is 2. The third-order valence-corrected chi connectivity index (χ3v) is 2.19. The Labute approximate surface area is 75.7 Å². The maximum absolute atomic E-state index is 5.36. The third-order valence-electron chi connectivity index (χ3n) is 2.19. The molecule has 0 atom stereocenters. The average Bonchev–Trinajstić information content (AvgIpc) is 2.19. The number of hydrogen-bond acceptors (Lipinski definition) is 2. The molecule has 0 bridgehead atoms. The van der Waals surface area contributed by atoms with Gasteiger partial charge in [-0.3, -0.25) is 0 Å². The zero-order chi connectivity index (χ0) is 8.67. The summed E-state index contributed by atoms with van der Waals surface area (Å²) in [6.07, 6.45) is 0. The van der Waals surface area contributed by atoms with E-state index in [0.717, 1.165) is 22.3 Å². The highest BCUT2D eigenvalue weighted by Gasteiger charge is 2.12. The van der Waals surface area contributed by atoms with Crippen LogP contribution in [0.25, 0.3) is 10.8 Å². The molecule has 3 rings (SSSR count). The zero-order valence-corrected chi connectivity index (χ0v) is 6.91. The van der Waals surface area contributed by atoms with Gasteiger partial charge >= 0.3 is 0 Å². The van der Waals surface area contributed by atoms with Gasteiger partial charge in [-0.05, 0) is 29.7 Å². The molecule has 0 amide bonds. The molecule has 0 saturated heterocycles. The summed E-state index contributed by atoms with van der Waals surface area (Å²) in [5, 5.41) is 2.15. The second-order valence-corrected chi connectivity index (χ2v) is 2.95. The SMILES string of the molecule is [c]1cc2c3c(cccc3c1)OCO2. The Balaban J connectivity index is 2.49. The third kappa shape index (κ3) is 0.886. The molecule has 2 nitrogen and oxygen atoms in total. The van der Waals surface area contributed by atoms with Gasteiger partial charge in [0.1, 0.15) is 11.5 Å². The maximum atomic E-state index is 5.36. The van der Waals surface area contributed by atoms with Crippen molar-refractivity contribution in [2.24, 2.45) is 0 Å². The molecule has 0 unspecified atom stereocenters. The van der Waals surface area contributed by atoms with Crippen LogP contribution in [0.15, 0.2) is 30.3 Å². The fourth-order valence-corrected chi connectivity index (χ4v) is 1.60. The normalized spacial score (nSPS) is 13.5. The summed E-state index contributed by atoms with van der Waals surface area (Å²) in [7, 11) is 0. The van der Waals surface area contributed by atoms with Crippen molar-refractivity contribution in [1.82, 2.24) is 0 Å². The zero-order valence-electron chi connectivity index (χ0n) is 6.91. The molecule has 1 heterocycles. The van der Waals surface area contributed by atoms with Crippen LogP contribution in [0.5, 0.6) is 11.5 Å². The fourth-order valence-electron chi connectivity index (χ4n) is 1.60. The molecule has 13 heavy (non-hydrogen) atoms. The minimum atomic E-state index is 0.296. The highest BCUT2D eigenvalue weighted by atomic mass is 16.7. The van der Waals surface area contributed by atoms with E-state index in [1.54, 1.807) is 0 Å². The van der Waals surface area contributed by atoms with Crippen molar-refractivity contribution < 1.29 is 9.47 Å². The molecular weight excluding hydrogens is 164 g/mol. The Hall–Kier alpha value is -1.70. The Kier molecular flexibility index (Phi) is 1.25. The Morgan fingerprint density at radius 1 is 1.08 bits per heavy atom. The van der Waals surface area contributed by atoms with Crippen molar-refractivity contribution in [3.63, 3.8) is 0 Å². The standard InChI is InChI=1S/C11H7O2/c1-3-8-4-2-6-10-11(8)9(5-1)12-7-13-10/h1,3-6H,7H2. The molecule has 1 radical (unpaired) electrons. The van der Waals surface area contributed by atoms with Gasteiger partial charge < -0.3 is 9.47 Å². The Bertz CT molecular complexity index is 424. The van der Waals surface area contributed by atoms with Gasteiger partial charge in [0.25, 0.3) is 0 Å². The first-order chi connectivity index (χ1) is 6.45. The van der Waals surface area contributed by atoms with Crippen molar-refractivity contribution in [2.45, 2.75) is 0 Å². The molecule has 0 saturated carbocycles. The van der Waals surface area contributed by atoms with Gasteiger partial charge in [0.15, 0.2) is 0 Å². The first kappa shape index (κ1) is 6.78. The molecule has 0 fully saturated rings. The molecule has 2 aromatic rings. The lowest BCUT2D eigenvalue weighted by Gasteiger charge is -2.18. The smallest absolute Gasteiger partial charge is 0.230 e. The Morgan fingerprint density at radius 3 is 3.00 bits per heavy atom. The molecular formula is C11H7O2. The van der Waals surface area contributed by atoms with Crippen LogP contribution >= 0.6 is 0 Å². The summed E-state index contributed by atoms with van der Waals surface area (Å²) in [4.78, 5) is 0. The van der Waals surface area contributed by atoms with E-state index in [2.05, 4.69) is 6.07 Å². The number of hydrogen-bond donors (Lipinski definition) is 0. The molecule has 2 aromatic carbocycles. The van der Waals surface area contributed by atoms with E-state index in [1.807, 2.05) is 30.3 Å². The molecule has 1 aliphatic rings. The van der Waals surface area contributed by atoms with Crippen LogP contribution in [-0.4, -0.2) is 6.79 Å². The monoisotopic (exact) mass is 171 g/mol. The summed E-state index contributed by atoms with van der Waals surface area (Å²) in [5.41, 5.74) is 0. The summed E-state index contributed by atoms with van der Waals surface area (Å²) in [6.45, 7) is 0.296. The van der Waals surface area contributed by atoms with Crippen molar-refractivity contribution in [2.75, 3.05) is 6.79 Å². The highest BCUT2D eigenvalue weighted by molar-refractivity contribution is 5.93. The van der Waals surface area contributed by atoms with E-state index in [4.69, 9.17) is 9.47 Å². The van der Waals surface area contributed by atoms with Gasteiger partial charge in [-0.2, -0.15) is 0 Å². The minimum absolute atomic E-state index is 0.296. The molecule has 63 valence electrons. The second kappa shape index (κ2) is 2.39. The van der Waals surface area contributed by atoms with Crippen molar-refractivity contribution >= 4 is 10.8 Å². The molecule has 0 spiro atoms. The van der Waals surface area contributed by atoms with Crippen LogP contribution in [0, 0.1) is 6.07 Å². The van der Waals surface area contributed by atoms with E-state index < -0.39 is 0 Å². The van der Waals surface area contributed by atoms with E-state index in [1.165, 1.54) is 0 Å². The van der Waals surface area contributed by atoms with Gasteiger partial charge in [-0.15, -0.1) is 0 Å². The van der Waals surface area contributed by atoms with Crippen LogP contribution < -0.4 is 9.47 Å². The lowest BCUT2D eigenvalue weighted by Crippen LogP contribution is -2.10. The van der Waals surface area contributed by atoms with Gasteiger partial charge in [0.2, 0.25) is 6.79 Å². The summed E-state index contributed by atoms with van der Waals surface area (Å²) in [5.74, 6) is 1.76. The fraction of sp³-hybridized carbons (Fsp3) is 0.0909. The minimum Gasteiger partial charge on any atom is -0.457 e. The van der Waals surface area contributed by atoms with E-state index in [9.17, 15) is 0 Å². The van der Waals surface area contributed by atoms with Gasteiger partial charge in [0, 0.05) is 0 Å². The van der Waals surface area contributed by atoms with Crippen LogP contribution in [0.2, 0.25) is 0 Å². The summed E-state index contributed by atoms with van der Waals surface area (Å²) < 4.78 is 10.7. The first-order valence-electron chi connectivity index (χ1n) is 4.13. The lowest BCUT2D eigenvalue weighted by atomic mass is 10.1. The van der Waals surface area contributed by atoms with Crippen LogP contribution in [0.3, 0.4) is 0 Å². The second-order valence-electron chi connectivity index (χ2n) is 2.95. The topological polar surface area (TPSA) is 18.5 Å². The number of benzene rings is 2. The van der Waals surface area contributed by atoms with E-state index in [-0.39, 0.29) is 0 Å². The van der Waals surface area contributed by atoms with E-state index >= 15 is 0 Å². The summed E-state index contributed by atoms with van der Waals surface area (Å²) >= 11 is 0. The van der Waals surface area contributed by atoms with Gasteiger partial charge in [-0.25, -0.2) is 0 Å². The first-order valence-corrected chi connectivity index (χ1v) is 4.13. The summed E-state index contributed by atoms with van der Waals surface area (Å²) in [6, 6.07) is 12.8. The molecule has 0 aliphatic carbocycles. The van der Waals surface area contributed by atoms with Crippen LogP contribution in [0.1, 0.15) is 0 Å². The molecule has 1 aliphatic heterocycles.